The van der Waals surface area contributed by atoms with Crippen molar-refractivity contribution in [3.63, 3.8) is 0 Å². The summed E-state index contributed by atoms with van der Waals surface area (Å²) >= 11 is 9.55. The molecule has 0 saturated carbocycles. The SMILES string of the molecule is O=C(Nc1ccc(S(=O)(=O)Nc2ccc(Br)cc2)cc1)c1ccc(NS(=O)(=O)c2ccccc2)cc1Cl. The number of carbonyl (C=O) groups excluding carboxylic acids is 1. The minimum Gasteiger partial charge on any atom is -0.322 e. The Labute approximate surface area is 227 Å². The highest BCUT2D eigenvalue weighted by molar-refractivity contribution is 9.10. The molecule has 1 amide bonds. The van der Waals surface area contributed by atoms with Gasteiger partial charge in [0.1, 0.15) is 0 Å². The molecule has 0 aromatic heterocycles. The molecule has 0 saturated heterocycles. The predicted octanol–water partition coefficient (Wildman–Crippen LogP) is 5.96. The number of rotatable bonds is 8. The first-order chi connectivity index (χ1) is 17.5. The van der Waals surface area contributed by atoms with Crippen molar-refractivity contribution in [1.82, 2.24) is 0 Å². The summed E-state index contributed by atoms with van der Waals surface area (Å²) in [5.74, 6) is -0.550. The molecule has 4 aromatic rings. The molecule has 190 valence electrons. The van der Waals surface area contributed by atoms with Crippen LogP contribution >= 0.6 is 27.5 Å². The van der Waals surface area contributed by atoms with Crippen molar-refractivity contribution in [2.24, 2.45) is 0 Å². The lowest BCUT2D eigenvalue weighted by Crippen LogP contribution is -2.15. The Morgan fingerprint density at radius 3 is 1.76 bits per heavy atom. The van der Waals surface area contributed by atoms with Crippen LogP contribution in [0.2, 0.25) is 5.02 Å². The van der Waals surface area contributed by atoms with Crippen LogP contribution < -0.4 is 14.8 Å². The van der Waals surface area contributed by atoms with Gasteiger partial charge >= 0.3 is 0 Å². The monoisotopic (exact) mass is 619 g/mol. The van der Waals surface area contributed by atoms with Crippen LogP contribution in [-0.2, 0) is 20.0 Å². The first kappa shape index (κ1) is 26.7. The molecule has 4 rings (SSSR count). The van der Waals surface area contributed by atoms with Crippen molar-refractivity contribution < 1.29 is 21.6 Å². The topological polar surface area (TPSA) is 121 Å². The fourth-order valence-corrected chi connectivity index (χ4v) is 5.88. The smallest absolute Gasteiger partial charge is 0.261 e. The van der Waals surface area contributed by atoms with Gasteiger partial charge in [-0.3, -0.25) is 14.2 Å². The summed E-state index contributed by atoms with van der Waals surface area (Å²) in [6, 6.07) is 24.3. The largest absolute Gasteiger partial charge is 0.322 e. The number of carbonyl (C=O) groups is 1. The maximum atomic E-state index is 12.7. The van der Waals surface area contributed by atoms with Crippen molar-refractivity contribution in [2.45, 2.75) is 9.79 Å². The number of hydrogen-bond acceptors (Lipinski definition) is 5. The van der Waals surface area contributed by atoms with Crippen LogP contribution in [0.1, 0.15) is 10.4 Å². The van der Waals surface area contributed by atoms with Gasteiger partial charge in [0.15, 0.2) is 0 Å². The van der Waals surface area contributed by atoms with Crippen molar-refractivity contribution in [1.29, 1.82) is 0 Å². The lowest BCUT2D eigenvalue weighted by atomic mass is 10.2. The third-order valence-electron chi connectivity index (χ3n) is 5.04. The van der Waals surface area contributed by atoms with E-state index in [4.69, 9.17) is 11.6 Å². The average Bonchev–Trinajstić information content (AvgIpc) is 2.86. The van der Waals surface area contributed by atoms with Gasteiger partial charge in [-0.15, -0.1) is 0 Å². The summed E-state index contributed by atoms with van der Waals surface area (Å²) in [4.78, 5) is 12.8. The fraction of sp³-hybridized carbons (Fsp3) is 0. The van der Waals surface area contributed by atoms with Gasteiger partial charge in [0.25, 0.3) is 26.0 Å². The van der Waals surface area contributed by atoms with E-state index in [9.17, 15) is 21.6 Å². The molecule has 0 unspecified atom stereocenters. The fourth-order valence-electron chi connectivity index (χ4n) is 3.22. The van der Waals surface area contributed by atoms with Gasteiger partial charge in [0.2, 0.25) is 0 Å². The first-order valence-corrected chi connectivity index (χ1v) is 14.7. The second kappa shape index (κ2) is 10.9. The Morgan fingerprint density at radius 2 is 1.16 bits per heavy atom. The number of sulfonamides is 2. The van der Waals surface area contributed by atoms with Gasteiger partial charge in [0.05, 0.1) is 26.1 Å². The van der Waals surface area contributed by atoms with Gasteiger partial charge < -0.3 is 5.32 Å². The zero-order valence-corrected chi connectivity index (χ0v) is 22.8. The molecule has 4 aromatic carbocycles. The second-order valence-corrected chi connectivity index (χ2v) is 12.4. The van der Waals surface area contributed by atoms with Crippen LogP contribution in [0.15, 0.2) is 111 Å². The van der Waals surface area contributed by atoms with Crippen LogP contribution in [-0.4, -0.2) is 22.7 Å². The molecular formula is C25H19BrClN3O5S2. The van der Waals surface area contributed by atoms with Crippen LogP contribution in [0, 0.1) is 0 Å². The predicted molar refractivity (Wildman–Crippen MR) is 148 cm³/mol. The molecular weight excluding hydrogens is 602 g/mol. The summed E-state index contributed by atoms with van der Waals surface area (Å²) in [5.41, 5.74) is 1.05. The quantitative estimate of drug-likeness (QED) is 0.225. The third-order valence-corrected chi connectivity index (χ3v) is 8.67. The first-order valence-electron chi connectivity index (χ1n) is 10.6. The van der Waals surface area contributed by atoms with Crippen LogP contribution in [0.5, 0.6) is 0 Å². The van der Waals surface area contributed by atoms with E-state index in [0.717, 1.165) is 4.47 Å². The highest BCUT2D eigenvalue weighted by atomic mass is 79.9. The van der Waals surface area contributed by atoms with Gasteiger partial charge in [-0.05, 0) is 78.9 Å². The minimum atomic E-state index is -3.83. The summed E-state index contributed by atoms with van der Waals surface area (Å²) < 4.78 is 56.0. The van der Waals surface area contributed by atoms with E-state index in [1.54, 1.807) is 42.5 Å². The van der Waals surface area contributed by atoms with Gasteiger partial charge in [-0.1, -0.05) is 45.7 Å². The van der Waals surface area contributed by atoms with E-state index in [2.05, 4.69) is 30.7 Å². The average molecular weight is 621 g/mol. The molecule has 0 atom stereocenters. The number of anilines is 3. The molecule has 0 fully saturated rings. The Bertz CT molecular complexity index is 1650. The zero-order valence-electron chi connectivity index (χ0n) is 18.9. The lowest BCUT2D eigenvalue weighted by molar-refractivity contribution is 0.102. The standard InChI is InChI=1S/C25H19BrClN3O5S2/c26-17-6-8-19(9-7-17)29-37(34,35)22-13-10-18(11-14-22)28-25(31)23-15-12-20(16-24(23)27)30-36(32,33)21-4-2-1-3-5-21/h1-16,29-30H,(H,28,31). The molecule has 0 aliphatic rings. The molecule has 12 heteroatoms. The highest BCUT2D eigenvalue weighted by Crippen LogP contribution is 2.25. The van der Waals surface area contributed by atoms with Crippen LogP contribution in [0.3, 0.4) is 0 Å². The molecule has 0 heterocycles. The number of amides is 1. The maximum Gasteiger partial charge on any atom is 0.261 e. The van der Waals surface area contributed by atoms with Gasteiger partial charge in [-0.2, -0.15) is 0 Å². The number of benzene rings is 4. The molecule has 0 radical (unpaired) electrons. The molecule has 0 bridgehead atoms. The molecule has 8 nitrogen and oxygen atoms in total. The molecule has 0 aliphatic heterocycles. The van der Waals surface area contributed by atoms with E-state index in [0.29, 0.717) is 11.4 Å². The summed E-state index contributed by atoms with van der Waals surface area (Å²) in [7, 11) is -7.64. The maximum absolute atomic E-state index is 12.7. The van der Waals surface area contributed by atoms with Crippen molar-refractivity contribution in [2.75, 3.05) is 14.8 Å². The van der Waals surface area contributed by atoms with Gasteiger partial charge in [0, 0.05) is 15.8 Å². The van der Waals surface area contributed by atoms with E-state index in [1.807, 2.05) is 0 Å². The van der Waals surface area contributed by atoms with Crippen LogP contribution in [0.4, 0.5) is 17.1 Å². The summed E-state index contributed by atoms with van der Waals surface area (Å²) in [5, 5.41) is 2.68. The number of halogens is 2. The van der Waals surface area contributed by atoms with Gasteiger partial charge in [-0.25, -0.2) is 16.8 Å². The molecule has 0 aliphatic carbocycles. The Hall–Kier alpha value is -3.38. The Morgan fingerprint density at radius 1 is 0.649 bits per heavy atom. The molecule has 3 N–H and O–H groups in total. The lowest BCUT2D eigenvalue weighted by Gasteiger charge is -2.12. The van der Waals surface area contributed by atoms with Crippen molar-refractivity contribution in [3.05, 3.63) is 112 Å². The number of hydrogen-bond donors (Lipinski definition) is 3. The summed E-state index contributed by atoms with van der Waals surface area (Å²) in [6.07, 6.45) is 0. The van der Waals surface area contributed by atoms with E-state index in [-0.39, 0.29) is 26.1 Å². The minimum absolute atomic E-state index is 0.0153. The van der Waals surface area contributed by atoms with Crippen molar-refractivity contribution >= 4 is 70.5 Å². The molecule has 37 heavy (non-hydrogen) atoms. The van der Waals surface area contributed by atoms with E-state index < -0.39 is 26.0 Å². The number of nitrogens with one attached hydrogen (secondary N) is 3. The second-order valence-electron chi connectivity index (χ2n) is 7.70. The van der Waals surface area contributed by atoms with E-state index >= 15 is 0 Å². The zero-order chi connectivity index (χ0) is 26.6. The third kappa shape index (κ3) is 6.69. The summed E-state index contributed by atoms with van der Waals surface area (Å²) in [6.45, 7) is 0. The molecule has 0 spiro atoms. The normalized spacial score (nSPS) is 11.5. The van der Waals surface area contributed by atoms with E-state index in [1.165, 1.54) is 54.6 Å². The Balaban J connectivity index is 1.43. The Kier molecular flexibility index (Phi) is 7.88. The van der Waals surface area contributed by atoms with Crippen molar-refractivity contribution in [3.8, 4) is 0 Å². The van der Waals surface area contributed by atoms with Crippen LogP contribution in [0.25, 0.3) is 0 Å². The highest BCUT2D eigenvalue weighted by Gasteiger charge is 2.17.